The summed E-state index contributed by atoms with van der Waals surface area (Å²) in [6.45, 7) is 5.15. The van der Waals surface area contributed by atoms with E-state index in [1.54, 1.807) is 12.4 Å². The van der Waals surface area contributed by atoms with Gasteiger partial charge in [0.1, 0.15) is 11.5 Å². The Morgan fingerprint density at radius 1 is 1.32 bits per heavy atom. The molecule has 0 saturated carbocycles. The molecule has 2 aromatic rings. The summed E-state index contributed by atoms with van der Waals surface area (Å²) in [5, 5.41) is 3.39. The molecule has 100 valence electrons. The van der Waals surface area contributed by atoms with Crippen LogP contribution in [0, 0.1) is 0 Å². The van der Waals surface area contributed by atoms with Crippen molar-refractivity contribution in [2.75, 3.05) is 6.54 Å². The van der Waals surface area contributed by atoms with E-state index in [4.69, 9.17) is 4.74 Å². The summed E-state index contributed by atoms with van der Waals surface area (Å²) in [4.78, 5) is 4.10. The monoisotopic (exact) mass is 320 g/mol. The Labute approximate surface area is 122 Å². The first-order chi connectivity index (χ1) is 9.20. The maximum atomic E-state index is 5.93. The largest absolute Gasteiger partial charge is 0.455 e. The van der Waals surface area contributed by atoms with E-state index in [1.165, 1.54) is 0 Å². The lowest BCUT2D eigenvalue weighted by atomic mass is 10.1. The van der Waals surface area contributed by atoms with Gasteiger partial charge in [0.15, 0.2) is 0 Å². The molecule has 3 nitrogen and oxygen atoms in total. The van der Waals surface area contributed by atoms with Gasteiger partial charge in [-0.2, -0.15) is 0 Å². The Kier molecular flexibility index (Phi) is 4.93. The molecule has 1 unspecified atom stereocenters. The van der Waals surface area contributed by atoms with Gasteiger partial charge in [-0.15, -0.1) is 0 Å². The number of halogens is 1. The molecule has 19 heavy (non-hydrogen) atoms. The number of hydrogen-bond donors (Lipinski definition) is 1. The van der Waals surface area contributed by atoms with Gasteiger partial charge in [0.05, 0.1) is 6.20 Å². The Hall–Kier alpha value is -1.39. The van der Waals surface area contributed by atoms with Gasteiger partial charge >= 0.3 is 0 Å². The van der Waals surface area contributed by atoms with Crippen LogP contribution >= 0.6 is 15.9 Å². The highest BCUT2D eigenvalue weighted by molar-refractivity contribution is 9.10. The van der Waals surface area contributed by atoms with E-state index in [0.717, 1.165) is 28.1 Å². The summed E-state index contributed by atoms with van der Waals surface area (Å²) in [6.07, 6.45) is 3.44. The lowest BCUT2D eigenvalue weighted by Crippen LogP contribution is -2.18. The van der Waals surface area contributed by atoms with Gasteiger partial charge in [-0.3, -0.25) is 4.98 Å². The van der Waals surface area contributed by atoms with Gasteiger partial charge in [0.25, 0.3) is 0 Å². The molecule has 0 bridgehead atoms. The third-order valence-electron chi connectivity index (χ3n) is 2.80. The van der Waals surface area contributed by atoms with Gasteiger partial charge < -0.3 is 10.1 Å². The second kappa shape index (κ2) is 6.68. The number of aromatic nitrogens is 1. The minimum atomic E-state index is 0.251. The van der Waals surface area contributed by atoms with E-state index < -0.39 is 0 Å². The van der Waals surface area contributed by atoms with E-state index in [1.807, 2.05) is 24.3 Å². The zero-order valence-electron chi connectivity index (χ0n) is 11.1. The fourth-order valence-electron chi connectivity index (χ4n) is 1.92. The maximum absolute atomic E-state index is 5.93. The smallest absolute Gasteiger partial charge is 0.146 e. The Balaban J connectivity index is 2.25. The van der Waals surface area contributed by atoms with Crippen molar-refractivity contribution in [1.82, 2.24) is 10.3 Å². The third kappa shape index (κ3) is 3.78. The van der Waals surface area contributed by atoms with Crippen LogP contribution in [0.15, 0.2) is 47.2 Å². The zero-order chi connectivity index (χ0) is 13.7. The van der Waals surface area contributed by atoms with Crippen molar-refractivity contribution >= 4 is 15.9 Å². The van der Waals surface area contributed by atoms with Crippen LogP contribution in [-0.4, -0.2) is 11.5 Å². The first kappa shape index (κ1) is 14.0. The minimum Gasteiger partial charge on any atom is -0.455 e. The first-order valence-corrected chi connectivity index (χ1v) is 7.10. The molecule has 0 aliphatic carbocycles. The Morgan fingerprint density at radius 2 is 2.11 bits per heavy atom. The summed E-state index contributed by atoms with van der Waals surface area (Å²) < 4.78 is 6.83. The van der Waals surface area contributed by atoms with Crippen LogP contribution < -0.4 is 10.1 Å². The number of benzene rings is 1. The van der Waals surface area contributed by atoms with Crippen LogP contribution in [0.25, 0.3) is 0 Å². The van der Waals surface area contributed by atoms with E-state index in [9.17, 15) is 0 Å². The number of para-hydroxylation sites is 1. The van der Waals surface area contributed by atoms with Crippen molar-refractivity contribution in [3.05, 3.63) is 52.8 Å². The van der Waals surface area contributed by atoms with Crippen molar-refractivity contribution in [3.8, 4) is 11.5 Å². The van der Waals surface area contributed by atoms with Crippen LogP contribution in [0.4, 0.5) is 0 Å². The second-order valence-electron chi connectivity index (χ2n) is 4.26. The molecule has 1 aromatic carbocycles. The number of ether oxygens (including phenoxy) is 1. The summed E-state index contributed by atoms with van der Waals surface area (Å²) in [5.41, 5.74) is 1.14. The zero-order valence-corrected chi connectivity index (χ0v) is 12.6. The highest BCUT2D eigenvalue weighted by Crippen LogP contribution is 2.30. The average molecular weight is 321 g/mol. The number of pyridine rings is 1. The molecule has 1 atom stereocenters. The predicted molar refractivity (Wildman–Crippen MR) is 80.5 cm³/mol. The molecular formula is C15H17BrN2O. The molecule has 0 spiro atoms. The standard InChI is InChI=1S/C15H17BrN2O/c1-3-18-11(2)14-6-4-5-7-15(14)19-13-8-12(16)9-17-10-13/h4-11,18H,3H2,1-2H3. The fourth-order valence-corrected chi connectivity index (χ4v) is 2.27. The molecule has 1 heterocycles. The number of nitrogens with one attached hydrogen (secondary N) is 1. The highest BCUT2D eigenvalue weighted by Gasteiger charge is 2.11. The normalized spacial score (nSPS) is 12.2. The summed E-state index contributed by atoms with van der Waals surface area (Å²) in [7, 11) is 0. The predicted octanol–water partition coefficient (Wildman–Crippen LogP) is 4.31. The van der Waals surface area contributed by atoms with Gasteiger partial charge in [-0.05, 0) is 41.5 Å². The van der Waals surface area contributed by atoms with E-state index in [-0.39, 0.29) is 6.04 Å². The van der Waals surface area contributed by atoms with Crippen molar-refractivity contribution < 1.29 is 4.74 Å². The second-order valence-corrected chi connectivity index (χ2v) is 5.17. The summed E-state index contributed by atoms with van der Waals surface area (Å²) >= 11 is 3.39. The van der Waals surface area contributed by atoms with Crippen LogP contribution in [0.3, 0.4) is 0 Å². The number of hydrogen-bond acceptors (Lipinski definition) is 3. The first-order valence-electron chi connectivity index (χ1n) is 6.31. The SMILES string of the molecule is CCNC(C)c1ccccc1Oc1cncc(Br)c1. The van der Waals surface area contributed by atoms with Crippen molar-refractivity contribution in [3.63, 3.8) is 0 Å². The molecule has 1 aromatic heterocycles. The van der Waals surface area contributed by atoms with Crippen LogP contribution in [-0.2, 0) is 0 Å². The van der Waals surface area contributed by atoms with Crippen molar-refractivity contribution in [2.45, 2.75) is 19.9 Å². The maximum Gasteiger partial charge on any atom is 0.146 e. The number of rotatable bonds is 5. The van der Waals surface area contributed by atoms with Crippen molar-refractivity contribution in [1.29, 1.82) is 0 Å². The lowest BCUT2D eigenvalue weighted by Gasteiger charge is -2.17. The molecular weight excluding hydrogens is 304 g/mol. The van der Waals surface area contributed by atoms with Gasteiger partial charge in [0.2, 0.25) is 0 Å². The molecule has 1 N–H and O–H groups in total. The molecule has 0 saturated heterocycles. The Bertz CT molecular complexity index is 545. The van der Waals surface area contributed by atoms with Crippen molar-refractivity contribution in [2.24, 2.45) is 0 Å². The highest BCUT2D eigenvalue weighted by atomic mass is 79.9. The fraction of sp³-hybridized carbons (Fsp3) is 0.267. The Morgan fingerprint density at radius 3 is 2.84 bits per heavy atom. The molecule has 0 aliphatic rings. The van der Waals surface area contributed by atoms with Gasteiger partial charge in [-0.1, -0.05) is 25.1 Å². The molecule has 0 radical (unpaired) electrons. The molecule has 2 rings (SSSR count). The van der Waals surface area contributed by atoms with Gasteiger partial charge in [-0.25, -0.2) is 0 Å². The molecule has 0 aliphatic heterocycles. The van der Waals surface area contributed by atoms with E-state index in [0.29, 0.717) is 0 Å². The molecule has 0 amide bonds. The summed E-state index contributed by atoms with van der Waals surface area (Å²) in [6, 6.07) is 10.2. The van der Waals surface area contributed by atoms with E-state index in [2.05, 4.69) is 46.1 Å². The molecule has 0 fully saturated rings. The summed E-state index contributed by atoms with van der Waals surface area (Å²) in [5.74, 6) is 1.58. The lowest BCUT2D eigenvalue weighted by molar-refractivity contribution is 0.461. The minimum absolute atomic E-state index is 0.251. The topological polar surface area (TPSA) is 34.1 Å². The quantitative estimate of drug-likeness (QED) is 0.891. The third-order valence-corrected chi connectivity index (χ3v) is 3.24. The van der Waals surface area contributed by atoms with E-state index >= 15 is 0 Å². The molecule has 4 heteroatoms. The number of nitrogens with zero attached hydrogens (tertiary/aromatic N) is 1. The van der Waals surface area contributed by atoms with Crippen LogP contribution in [0.2, 0.25) is 0 Å². The van der Waals surface area contributed by atoms with Crippen LogP contribution in [0.1, 0.15) is 25.5 Å². The van der Waals surface area contributed by atoms with Crippen LogP contribution in [0.5, 0.6) is 11.5 Å². The average Bonchev–Trinajstić information content (AvgIpc) is 2.39. The van der Waals surface area contributed by atoms with Gasteiger partial charge in [0, 0.05) is 22.3 Å².